The molecule has 4 nitrogen and oxygen atoms in total. The van der Waals surface area contributed by atoms with Gasteiger partial charge < -0.3 is 9.80 Å². The van der Waals surface area contributed by atoms with Crippen LogP contribution in [-0.4, -0.2) is 35.7 Å². The first-order valence-corrected chi connectivity index (χ1v) is 9.48. The van der Waals surface area contributed by atoms with Crippen molar-refractivity contribution in [1.82, 2.24) is 9.55 Å². The summed E-state index contributed by atoms with van der Waals surface area (Å²) in [6.07, 6.45) is 0. The number of nitrogens with zero attached hydrogens (tertiary/aromatic N) is 4. The summed E-state index contributed by atoms with van der Waals surface area (Å²) in [4.78, 5) is 9.84. The third kappa shape index (κ3) is 2.93. The van der Waals surface area contributed by atoms with Gasteiger partial charge in [-0.05, 0) is 36.4 Å². The summed E-state index contributed by atoms with van der Waals surface area (Å²) in [6.45, 7) is 3.93. The Bertz CT molecular complexity index is 1030. The van der Waals surface area contributed by atoms with Crippen LogP contribution in [0.5, 0.6) is 0 Å². The van der Waals surface area contributed by atoms with E-state index in [1.807, 2.05) is 0 Å². The molecule has 1 saturated heterocycles. The number of benzene rings is 3. The van der Waals surface area contributed by atoms with Gasteiger partial charge in [0.15, 0.2) is 0 Å². The lowest BCUT2D eigenvalue weighted by Gasteiger charge is -2.36. The number of anilines is 2. The first-order chi connectivity index (χ1) is 13.4. The van der Waals surface area contributed by atoms with Crippen molar-refractivity contribution < 1.29 is 0 Å². The molecule has 0 bridgehead atoms. The fraction of sp³-hybridized carbons (Fsp3) is 0.174. The Balaban J connectivity index is 1.49. The van der Waals surface area contributed by atoms with Gasteiger partial charge in [0.25, 0.3) is 0 Å². The third-order valence-corrected chi connectivity index (χ3v) is 5.24. The second-order valence-electron chi connectivity index (χ2n) is 6.88. The van der Waals surface area contributed by atoms with E-state index in [-0.39, 0.29) is 0 Å². The molecule has 5 rings (SSSR count). The summed E-state index contributed by atoms with van der Waals surface area (Å²) in [5.41, 5.74) is 4.66. The van der Waals surface area contributed by atoms with Crippen LogP contribution >= 0.6 is 0 Å². The van der Waals surface area contributed by atoms with Crippen molar-refractivity contribution in [2.24, 2.45) is 0 Å². The molecule has 0 N–H and O–H groups in total. The smallest absolute Gasteiger partial charge is 0.211 e. The average Bonchev–Trinajstić information content (AvgIpc) is 3.15. The summed E-state index contributed by atoms with van der Waals surface area (Å²) in [7, 11) is 0. The highest BCUT2D eigenvalue weighted by Gasteiger charge is 2.23. The van der Waals surface area contributed by atoms with E-state index >= 15 is 0 Å². The molecule has 0 unspecified atom stereocenters. The molecule has 4 heteroatoms. The van der Waals surface area contributed by atoms with Crippen LogP contribution in [0.15, 0.2) is 84.9 Å². The number of hydrogen-bond donors (Lipinski definition) is 0. The molecule has 0 amide bonds. The summed E-state index contributed by atoms with van der Waals surface area (Å²) < 4.78 is 2.29. The Morgan fingerprint density at radius 3 is 1.81 bits per heavy atom. The van der Waals surface area contributed by atoms with E-state index in [4.69, 9.17) is 4.98 Å². The van der Waals surface area contributed by atoms with Gasteiger partial charge in [-0.2, -0.15) is 0 Å². The number of hydrogen-bond acceptors (Lipinski definition) is 3. The maximum Gasteiger partial charge on any atom is 0.211 e. The van der Waals surface area contributed by atoms with E-state index in [1.165, 1.54) is 5.69 Å². The summed E-state index contributed by atoms with van der Waals surface area (Å²) in [5, 5.41) is 0. The van der Waals surface area contributed by atoms with Gasteiger partial charge in [-0.25, -0.2) is 4.98 Å². The van der Waals surface area contributed by atoms with Crippen LogP contribution in [0.25, 0.3) is 16.7 Å². The topological polar surface area (TPSA) is 24.3 Å². The summed E-state index contributed by atoms with van der Waals surface area (Å²) >= 11 is 0. The Morgan fingerprint density at radius 1 is 0.556 bits per heavy atom. The van der Waals surface area contributed by atoms with E-state index in [0.717, 1.165) is 48.8 Å². The number of imidazole rings is 1. The highest BCUT2D eigenvalue weighted by Crippen LogP contribution is 2.28. The predicted octanol–water partition coefficient (Wildman–Crippen LogP) is 4.35. The Hall–Kier alpha value is -3.27. The molecule has 3 aromatic carbocycles. The van der Waals surface area contributed by atoms with Gasteiger partial charge in [0.05, 0.1) is 11.0 Å². The van der Waals surface area contributed by atoms with Crippen LogP contribution in [0, 0.1) is 0 Å². The predicted molar refractivity (Wildman–Crippen MR) is 112 cm³/mol. The lowest BCUT2D eigenvalue weighted by Crippen LogP contribution is -2.47. The molecule has 4 aromatic rings. The minimum absolute atomic E-state index is 0.963. The molecule has 0 aliphatic carbocycles. The zero-order valence-electron chi connectivity index (χ0n) is 15.2. The van der Waals surface area contributed by atoms with Crippen LogP contribution < -0.4 is 9.80 Å². The summed E-state index contributed by atoms with van der Waals surface area (Å²) in [5.74, 6) is 1.04. The zero-order valence-corrected chi connectivity index (χ0v) is 15.2. The van der Waals surface area contributed by atoms with Gasteiger partial charge in [-0.15, -0.1) is 0 Å². The highest BCUT2D eigenvalue weighted by atomic mass is 15.4. The average molecular weight is 354 g/mol. The van der Waals surface area contributed by atoms with Gasteiger partial charge >= 0.3 is 0 Å². The van der Waals surface area contributed by atoms with Crippen LogP contribution in [0.3, 0.4) is 0 Å². The van der Waals surface area contributed by atoms with Crippen molar-refractivity contribution in [3.05, 3.63) is 84.9 Å². The minimum Gasteiger partial charge on any atom is -0.368 e. The molecule has 0 spiro atoms. The molecule has 27 heavy (non-hydrogen) atoms. The van der Waals surface area contributed by atoms with E-state index < -0.39 is 0 Å². The highest BCUT2D eigenvalue weighted by molar-refractivity contribution is 5.81. The lowest BCUT2D eigenvalue weighted by atomic mass is 10.2. The van der Waals surface area contributed by atoms with E-state index in [9.17, 15) is 0 Å². The SMILES string of the molecule is c1ccc(N2CCN(c3nc4ccccc4n3-c3ccccc3)CC2)cc1. The van der Waals surface area contributed by atoms with Crippen molar-refractivity contribution in [2.75, 3.05) is 36.0 Å². The largest absolute Gasteiger partial charge is 0.368 e. The van der Waals surface area contributed by atoms with Gasteiger partial charge in [0.2, 0.25) is 5.95 Å². The quantitative estimate of drug-likeness (QED) is 0.547. The molecule has 2 heterocycles. The van der Waals surface area contributed by atoms with Crippen LogP contribution in [0.4, 0.5) is 11.6 Å². The maximum absolute atomic E-state index is 4.98. The fourth-order valence-electron chi connectivity index (χ4n) is 3.86. The number of rotatable bonds is 3. The number of para-hydroxylation sites is 4. The molecule has 1 aliphatic heterocycles. The fourth-order valence-corrected chi connectivity index (χ4v) is 3.86. The number of aromatic nitrogens is 2. The van der Waals surface area contributed by atoms with E-state index in [0.29, 0.717) is 0 Å². The molecule has 0 radical (unpaired) electrons. The third-order valence-electron chi connectivity index (χ3n) is 5.24. The lowest BCUT2D eigenvalue weighted by molar-refractivity contribution is 0.638. The number of fused-ring (bicyclic) bond motifs is 1. The standard InChI is InChI=1S/C23H22N4/c1-3-9-19(10-4-1)25-15-17-26(18-16-25)23-24-21-13-7-8-14-22(21)27(23)20-11-5-2-6-12-20/h1-14H,15-18H2. The van der Waals surface area contributed by atoms with Crippen molar-refractivity contribution >= 4 is 22.7 Å². The van der Waals surface area contributed by atoms with Crippen molar-refractivity contribution in [3.63, 3.8) is 0 Å². The van der Waals surface area contributed by atoms with Crippen LogP contribution in [0.1, 0.15) is 0 Å². The maximum atomic E-state index is 4.98. The van der Waals surface area contributed by atoms with Gasteiger partial charge in [0, 0.05) is 37.6 Å². The van der Waals surface area contributed by atoms with Crippen molar-refractivity contribution in [1.29, 1.82) is 0 Å². The monoisotopic (exact) mass is 354 g/mol. The molecule has 134 valence electrons. The van der Waals surface area contributed by atoms with Gasteiger partial charge in [-0.1, -0.05) is 48.5 Å². The molecule has 1 aliphatic rings. The van der Waals surface area contributed by atoms with Crippen LogP contribution in [0.2, 0.25) is 0 Å². The number of piperazine rings is 1. The molecule has 0 atom stereocenters. The van der Waals surface area contributed by atoms with Crippen molar-refractivity contribution in [2.45, 2.75) is 0 Å². The molecule has 1 aromatic heterocycles. The van der Waals surface area contributed by atoms with Gasteiger partial charge in [0.1, 0.15) is 0 Å². The normalized spacial score (nSPS) is 14.7. The van der Waals surface area contributed by atoms with Crippen molar-refractivity contribution in [3.8, 4) is 5.69 Å². The molecule has 0 saturated carbocycles. The Labute approximate surface area is 159 Å². The van der Waals surface area contributed by atoms with Crippen LogP contribution in [-0.2, 0) is 0 Å². The molecular formula is C23H22N4. The Morgan fingerprint density at radius 2 is 1.11 bits per heavy atom. The zero-order chi connectivity index (χ0) is 18.1. The summed E-state index contributed by atoms with van der Waals surface area (Å²) in [6, 6.07) is 29.6. The van der Waals surface area contributed by atoms with Gasteiger partial charge in [-0.3, -0.25) is 4.57 Å². The molecule has 1 fully saturated rings. The second kappa shape index (κ2) is 6.80. The Kier molecular flexibility index (Phi) is 4.02. The molecular weight excluding hydrogens is 332 g/mol. The van der Waals surface area contributed by atoms with E-state index in [2.05, 4.69) is 99.3 Å². The minimum atomic E-state index is 0.963. The first kappa shape index (κ1) is 15.9. The first-order valence-electron chi connectivity index (χ1n) is 9.48. The second-order valence-corrected chi connectivity index (χ2v) is 6.88. The van der Waals surface area contributed by atoms with E-state index in [1.54, 1.807) is 0 Å².